The average Bonchev–Trinajstić information content (AvgIpc) is 3.42. The van der Waals surface area contributed by atoms with Gasteiger partial charge in [-0.1, -0.05) is 0 Å². The number of thiophene rings is 2. The lowest BCUT2D eigenvalue weighted by Crippen LogP contribution is -2.14. The van der Waals surface area contributed by atoms with Gasteiger partial charge >= 0.3 is 0 Å². The molecular formula is C22H22N2O3S2. The van der Waals surface area contributed by atoms with Gasteiger partial charge in [-0.2, -0.15) is 0 Å². The molecule has 0 bridgehead atoms. The largest absolute Gasteiger partial charge is 0.497 e. The normalized spacial score (nSPS) is 12.9. The highest BCUT2D eigenvalue weighted by molar-refractivity contribution is 7.16. The monoisotopic (exact) mass is 426 g/mol. The Kier molecular flexibility index (Phi) is 5.69. The van der Waals surface area contributed by atoms with Crippen LogP contribution in [0.4, 0.5) is 10.7 Å². The Morgan fingerprint density at radius 3 is 2.79 bits per heavy atom. The molecule has 1 aliphatic rings. The van der Waals surface area contributed by atoms with E-state index in [9.17, 15) is 4.79 Å². The summed E-state index contributed by atoms with van der Waals surface area (Å²) < 4.78 is 10.7. The summed E-state index contributed by atoms with van der Waals surface area (Å²) in [7, 11) is 3.17. The lowest BCUT2D eigenvalue weighted by Gasteiger charge is -2.12. The number of benzene rings is 1. The van der Waals surface area contributed by atoms with Crippen LogP contribution in [0.2, 0.25) is 0 Å². The summed E-state index contributed by atoms with van der Waals surface area (Å²) in [4.78, 5) is 20.3. The summed E-state index contributed by atoms with van der Waals surface area (Å²) in [6.45, 7) is 2.07. The SMILES string of the molecule is COc1ccc(NC(=O)c2c(/N=C\c3sccc3C)sc3c2CCC3)c(OC)c1. The number of carbonyl (C=O) groups is 1. The molecule has 0 radical (unpaired) electrons. The average molecular weight is 427 g/mol. The third-order valence-corrected chi connectivity index (χ3v) is 7.14. The van der Waals surface area contributed by atoms with Gasteiger partial charge in [0.2, 0.25) is 0 Å². The van der Waals surface area contributed by atoms with Gasteiger partial charge in [0, 0.05) is 22.0 Å². The van der Waals surface area contributed by atoms with Gasteiger partial charge < -0.3 is 14.8 Å². The fourth-order valence-electron chi connectivity index (χ4n) is 3.44. The molecule has 150 valence electrons. The molecule has 0 unspecified atom stereocenters. The van der Waals surface area contributed by atoms with Crippen LogP contribution in [-0.2, 0) is 12.8 Å². The van der Waals surface area contributed by atoms with Crippen LogP contribution in [-0.4, -0.2) is 26.3 Å². The number of carbonyl (C=O) groups excluding carboxylic acids is 1. The number of anilines is 1. The summed E-state index contributed by atoms with van der Waals surface area (Å²) in [5.41, 5.74) is 3.62. The van der Waals surface area contributed by atoms with Crippen LogP contribution in [0.25, 0.3) is 0 Å². The molecule has 0 aliphatic heterocycles. The Balaban J connectivity index is 1.66. The van der Waals surface area contributed by atoms with Crippen molar-refractivity contribution in [1.29, 1.82) is 0 Å². The Bertz CT molecular complexity index is 1080. The first kappa shape index (κ1) is 19.7. The first-order valence-corrected chi connectivity index (χ1v) is 11.1. The standard InChI is InChI=1S/C22H22N2O3S2/c1-13-9-10-28-19(13)12-23-22-20(15-5-4-6-18(15)29-22)21(25)24-16-8-7-14(26-2)11-17(16)27-3/h7-12H,4-6H2,1-3H3,(H,24,25)/b23-12-. The van der Waals surface area contributed by atoms with Crippen LogP contribution in [0.15, 0.2) is 34.6 Å². The third kappa shape index (κ3) is 3.93. The van der Waals surface area contributed by atoms with E-state index in [4.69, 9.17) is 14.5 Å². The summed E-state index contributed by atoms with van der Waals surface area (Å²) in [5, 5.41) is 5.83. The van der Waals surface area contributed by atoms with Crippen molar-refractivity contribution in [2.75, 3.05) is 19.5 Å². The van der Waals surface area contributed by atoms with Crippen molar-refractivity contribution < 1.29 is 14.3 Å². The Hall–Kier alpha value is -2.64. The van der Waals surface area contributed by atoms with Gasteiger partial charge in [0.15, 0.2) is 0 Å². The molecule has 7 heteroatoms. The predicted octanol–water partition coefficient (Wildman–Crippen LogP) is 5.63. The van der Waals surface area contributed by atoms with Crippen LogP contribution >= 0.6 is 22.7 Å². The maximum Gasteiger partial charge on any atom is 0.259 e. The second-order valence-electron chi connectivity index (χ2n) is 6.78. The van der Waals surface area contributed by atoms with E-state index in [1.54, 1.807) is 55.1 Å². The maximum absolute atomic E-state index is 13.2. The van der Waals surface area contributed by atoms with Crippen molar-refractivity contribution >= 4 is 45.5 Å². The van der Waals surface area contributed by atoms with Crippen molar-refractivity contribution in [2.24, 2.45) is 4.99 Å². The minimum absolute atomic E-state index is 0.150. The number of amides is 1. The van der Waals surface area contributed by atoms with Gasteiger partial charge in [0.1, 0.15) is 16.5 Å². The van der Waals surface area contributed by atoms with Gasteiger partial charge in [-0.05, 0) is 60.9 Å². The number of rotatable bonds is 6. The summed E-state index contributed by atoms with van der Waals surface area (Å²) in [5.74, 6) is 1.08. The van der Waals surface area contributed by atoms with Crippen LogP contribution < -0.4 is 14.8 Å². The van der Waals surface area contributed by atoms with Gasteiger partial charge in [-0.25, -0.2) is 4.99 Å². The highest BCUT2D eigenvalue weighted by Gasteiger charge is 2.27. The van der Waals surface area contributed by atoms with Gasteiger partial charge in [-0.15, -0.1) is 22.7 Å². The number of hydrogen-bond acceptors (Lipinski definition) is 6. The van der Waals surface area contributed by atoms with E-state index in [0.717, 1.165) is 34.7 Å². The molecule has 0 spiro atoms. The highest BCUT2D eigenvalue weighted by atomic mass is 32.1. The van der Waals surface area contributed by atoms with Gasteiger partial charge in [0.25, 0.3) is 5.91 Å². The number of aliphatic imine (C=N–C) groups is 1. The molecule has 0 saturated carbocycles. The zero-order valence-electron chi connectivity index (χ0n) is 16.6. The topological polar surface area (TPSA) is 59.9 Å². The lowest BCUT2D eigenvalue weighted by molar-refractivity contribution is 0.102. The molecular weight excluding hydrogens is 404 g/mol. The van der Waals surface area contributed by atoms with Gasteiger partial charge in [0.05, 0.1) is 25.5 Å². The Morgan fingerprint density at radius 1 is 1.21 bits per heavy atom. The van der Waals surface area contributed by atoms with E-state index in [-0.39, 0.29) is 5.91 Å². The quantitative estimate of drug-likeness (QED) is 0.520. The van der Waals surface area contributed by atoms with E-state index in [2.05, 4.69) is 23.7 Å². The number of methoxy groups -OCH3 is 2. The molecule has 1 aromatic carbocycles. The fraction of sp³-hybridized carbons (Fsp3) is 0.273. The van der Waals surface area contributed by atoms with Crippen molar-refractivity contribution in [3.8, 4) is 11.5 Å². The molecule has 5 nitrogen and oxygen atoms in total. The number of hydrogen-bond donors (Lipinski definition) is 1. The van der Waals surface area contributed by atoms with Crippen LogP contribution in [0.1, 0.15) is 37.7 Å². The number of aryl methyl sites for hydroxylation is 2. The summed E-state index contributed by atoms with van der Waals surface area (Å²) in [6, 6.07) is 7.42. The molecule has 1 N–H and O–H groups in total. The molecule has 29 heavy (non-hydrogen) atoms. The maximum atomic E-state index is 13.2. The first-order chi connectivity index (χ1) is 14.1. The van der Waals surface area contributed by atoms with Crippen molar-refractivity contribution in [3.63, 3.8) is 0 Å². The zero-order valence-corrected chi connectivity index (χ0v) is 18.2. The molecule has 0 atom stereocenters. The molecule has 0 saturated heterocycles. The predicted molar refractivity (Wildman–Crippen MR) is 120 cm³/mol. The fourth-order valence-corrected chi connectivity index (χ4v) is 5.45. The minimum Gasteiger partial charge on any atom is -0.497 e. The van der Waals surface area contributed by atoms with E-state index < -0.39 is 0 Å². The molecule has 1 aliphatic carbocycles. The molecule has 1 amide bonds. The number of ether oxygens (including phenoxy) is 2. The number of fused-ring (bicyclic) bond motifs is 1. The number of nitrogens with one attached hydrogen (secondary N) is 1. The molecule has 2 aromatic heterocycles. The first-order valence-electron chi connectivity index (χ1n) is 9.36. The second kappa shape index (κ2) is 8.39. The van der Waals surface area contributed by atoms with Crippen molar-refractivity contribution in [3.05, 3.63) is 56.1 Å². The van der Waals surface area contributed by atoms with Crippen LogP contribution in [0.5, 0.6) is 11.5 Å². The second-order valence-corrected chi connectivity index (χ2v) is 8.82. The van der Waals surface area contributed by atoms with Crippen LogP contribution in [0, 0.1) is 6.92 Å². The van der Waals surface area contributed by atoms with E-state index in [1.807, 2.05) is 6.21 Å². The Labute approximate surface area is 178 Å². The molecule has 2 heterocycles. The number of nitrogens with zero attached hydrogens (tertiary/aromatic N) is 1. The highest BCUT2D eigenvalue weighted by Crippen LogP contribution is 2.41. The lowest BCUT2D eigenvalue weighted by atomic mass is 10.1. The summed E-state index contributed by atoms with van der Waals surface area (Å²) >= 11 is 3.28. The van der Waals surface area contributed by atoms with Crippen molar-refractivity contribution in [1.82, 2.24) is 0 Å². The molecule has 3 aromatic rings. The third-order valence-electron chi connectivity index (χ3n) is 4.99. The van der Waals surface area contributed by atoms with Gasteiger partial charge in [-0.3, -0.25) is 4.79 Å². The van der Waals surface area contributed by atoms with Crippen molar-refractivity contribution in [2.45, 2.75) is 26.2 Å². The smallest absolute Gasteiger partial charge is 0.259 e. The van der Waals surface area contributed by atoms with E-state index in [0.29, 0.717) is 22.7 Å². The Morgan fingerprint density at radius 2 is 2.07 bits per heavy atom. The molecule has 0 fully saturated rings. The minimum atomic E-state index is -0.150. The molecule has 4 rings (SSSR count). The summed E-state index contributed by atoms with van der Waals surface area (Å²) in [6.07, 6.45) is 4.88. The van der Waals surface area contributed by atoms with E-state index in [1.165, 1.54) is 10.4 Å². The van der Waals surface area contributed by atoms with E-state index >= 15 is 0 Å². The zero-order chi connectivity index (χ0) is 20.4. The van der Waals surface area contributed by atoms with Crippen LogP contribution in [0.3, 0.4) is 0 Å².